The summed E-state index contributed by atoms with van der Waals surface area (Å²) in [5.74, 6) is 0.276. The molecule has 152 valence electrons. The van der Waals surface area contributed by atoms with Gasteiger partial charge in [-0.3, -0.25) is 0 Å². The van der Waals surface area contributed by atoms with E-state index in [0.717, 1.165) is 36.8 Å². The molecule has 0 saturated carbocycles. The smallest absolute Gasteiger partial charge is 0.121 e. The lowest BCUT2D eigenvalue weighted by Gasteiger charge is -2.13. The molecular formula is C26H30O3. The molecule has 0 spiro atoms. The molecule has 0 saturated heterocycles. The summed E-state index contributed by atoms with van der Waals surface area (Å²) < 4.78 is 11.7. The zero-order valence-corrected chi connectivity index (χ0v) is 16.9. The topological polar surface area (TPSA) is 38.7 Å². The quantitative estimate of drug-likeness (QED) is 0.404. The van der Waals surface area contributed by atoms with Crippen LogP contribution in [0.25, 0.3) is 0 Å². The maximum Gasteiger partial charge on any atom is 0.121 e. The highest BCUT2D eigenvalue weighted by Gasteiger charge is 2.08. The van der Waals surface area contributed by atoms with Crippen LogP contribution in [0.1, 0.15) is 35.1 Å². The Kier molecular flexibility index (Phi) is 8.77. The van der Waals surface area contributed by atoms with Gasteiger partial charge in [0, 0.05) is 18.8 Å². The fraction of sp³-hybridized carbons (Fsp3) is 0.308. The molecule has 0 radical (unpaired) electrons. The second kappa shape index (κ2) is 12.1. The molecule has 3 aromatic carbocycles. The standard InChI is InChI=1S/C26H30O3/c27-26-17-7-16-24(20-28-18-8-14-22-10-3-1-4-11-22)25(26)21-29-19-9-15-23-12-5-2-6-13-23/h1-7,10-13,16-17,27H,8-9,14-15,18-21H2. The second-order valence-electron chi connectivity index (χ2n) is 7.20. The molecule has 1 N–H and O–H groups in total. The van der Waals surface area contributed by atoms with Crippen LogP contribution in [0.5, 0.6) is 5.75 Å². The van der Waals surface area contributed by atoms with E-state index in [1.165, 1.54) is 11.1 Å². The number of hydrogen-bond acceptors (Lipinski definition) is 3. The van der Waals surface area contributed by atoms with Crippen molar-refractivity contribution < 1.29 is 14.6 Å². The van der Waals surface area contributed by atoms with Gasteiger partial charge in [0.05, 0.1) is 13.2 Å². The summed E-state index contributed by atoms with van der Waals surface area (Å²) in [6.07, 6.45) is 3.95. The number of ether oxygens (including phenoxy) is 2. The molecular weight excluding hydrogens is 360 g/mol. The van der Waals surface area contributed by atoms with Gasteiger partial charge in [0.1, 0.15) is 5.75 Å². The molecule has 0 aliphatic carbocycles. The van der Waals surface area contributed by atoms with Crippen LogP contribution in [0.4, 0.5) is 0 Å². The highest BCUT2D eigenvalue weighted by Crippen LogP contribution is 2.23. The van der Waals surface area contributed by atoms with Gasteiger partial charge in [0.2, 0.25) is 0 Å². The Labute approximate surface area is 173 Å². The first kappa shape index (κ1) is 21.1. The minimum absolute atomic E-state index is 0.276. The van der Waals surface area contributed by atoms with Gasteiger partial charge in [0.15, 0.2) is 0 Å². The lowest BCUT2D eigenvalue weighted by atomic mass is 10.1. The molecule has 3 aromatic rings. The number of rotatable bonds is 12. The SMILES string of the molecule is Oc1cccc(COCCCc2ccccc2)c1COCCCc1ccccc1. The number of phenolic OH excluding ortho intramolecular Hbond substituents is 1. The van der Waals surface area contributed by atoms with Crippen molar-refractivity contribution in [1.29, 1.82) is 0 Å². The van der Waals surface area contributed by atoms with Gasteiger partial charge in [-0.1, -0.05) is 72.8 Å². The number of aryl methyl sites for hydroxylation is 2. The lowest BCUT2D eigenvalue weighted by Crippen LogP contribution is -2.04. The van der Waals surface area contributed by atoms with E-state index < -0.39 is 0 Å². The van der Waals surface area contributed by atoms with Gasteiger partial charge in [-0.25, -0.2) is 0 Å². The van der Waals surface area contributed by atoms with Crippen LogP contribution in [0, 0.1) is 0 Å². The van der Waals surface area contributed by atoms with E-state index in [1.54, 1.807) is 6.07 Å². The Balaban J connectivity index is 1.38. The van der Waals surface area contributed by atoms with E-state index in [1.807, 2.05) is 24.3 Å². The monoisotopic (exact) mass is 390 g/mol. The van der Waals surface area contributed by atoms with Crippen molar-refractivity contribution in [3.63, 3.8) is 0 Å². The van der Waals surface area contributed by atoms with Gasteiger partial charge in [0.25, 0.3) is 0 Å². The second-order valence-corrected chi connectivity index (χ2v) is 7.20. The molecule has 0 unspecified atom stereocenters. The Hall–Kier alpha value is -2.62. The molecule has 0 aliphatic rings. The van der Waals surface area contributed by atoms with Crippen molar-refractivity contribution in [2.75, 3.05) is 13.2 Å². The summed E-state index contributed by atoms with van der Waals surface area (Å²) in [6.45, 7) is 2.26. The van der Waals surface area contributed by atoms with E-state index in [0.29, 0.717) is 26.4 Å². The third-order valence-electron chi connectivity index (χ3n) is 4.95. The fourth-order valence-corrected chi connectivity index (χ4v) is 3.33. The third-order valence-corrected chi connectivity index (χ3v) is 4.95. The number of phenols is 1. The van der Waals surface area contributed by atoms with E-state index in [4.69, 9.17) is 9.47 Å². The molecule has 0 atom stereocenters. The average molecular weight is 391 g/mol. The summed E-state index contributed by atoms with van der Waals surface area (Å²) in [5, 5.41) is 10.2. The highest BCUT2D eigenvalue weighted by atomic mass is 16.5. The van der Waals surface area contributed by atoms with Crippen molar-refractivity contribution in [3.8, 4) is 5.75 Å². The Bertz CT molecular complexity index is 831. The van der Waals surface area contributed by atoms with Crippen LogP contribution in [-0.2, 0) is 35.5 Å². The molecule has 0 aromatic heterocycles. The van der Waals surface area contributed by atoms with Crippen LogP contribution in [0.15, 0.2) is 78.9 Å². The Morgan fingerprint density at radius 1 is 0.586 bits per heavy atom. The molecule has 0 heterocycles. The van der Waals surface area contributed by atoms with Crippen LogP contribution in [0.2, 0.25) is 0 Å². The van der Waals surface area contributed by atoms with Gasteiger partial charge in [-0.05, 0) is 48.4 Å². The summed E-state index contributed by atoms with van der Waals surface area (Å²) >= 11 is 0. The molecule has 3 nitrogen and oxygen atoms in total. The van der Waals surface area contributed by atoms with Gasteiger partial charge >= 0.3 is 0 Å². The fourth-order valence-electron chi connectivity index (χ4n) is 3.33. The zero-order chi connectivity index (χ0) is 20.2. The van der Waals surface area contributed by atoms with E-state index in [2.05, 4.69) is 48.5 Å². The first-order chi connectivity index (χ1) is 14.3. The maximum atomic E-state index is 10.2. The predicted molar refractivity (Wildman–Crippen MR) is 117 cm³/mol. The summed E-state index contributed by atoms with van der Waals surface area (Å²) in [5.41, 5.74) is 4.48. The number of benzene rings is 3. The molecule has 3 heteroatoms. The minimum Gasteiger partial charge on any atom is -0.508 e. The van der Waals surface area contributed by atoms with E-state index in [-0.39, 0.29) is 5.75 Å². The summed E-state index contributed by atoms with van der Waals surface area (Å²) in [4.78, 5) is 0. The highest BCUT2D eigenvalue weighted by molar-refractivity contribution is 5.38. The maximum absolute atomic E-state index is 10.2. The first-order valence-electron chi connectivity index (χ1n) is 10.4. The lowest BCUT2D eigenvalue weighted by molar-refractivity contribution is 0.104. The van der Waals surface area contributed by atoms with Crippen molar-refractivity contribution in [3.05, 3.63) is 101 Å². The van der Waals surface area contributed by atoms with Crippen molar-refractivity contribution in [2.24, 2.45) is 0 Å². The van der Waals surface area contributed by atoms with E-state index in [9.17, 15) is 5.11 Å². The van der Waals surface area contributed by atoms with Gasteiger partial charge in [-0.2, -0.15) is 0 Å². The van der Waals surface area contributed by atoms with E-state index >= 15 is 0 Å². The minimum atomic E-state index is 0.276. The van der Waals surface area contributed by atoms with Crippen LogP contribution >= 0.6 is 0 Å². The predicted octanol–water partition coefficient (Wildman–Crippen LogP) is 5.69. The first-order valence-corrected chi connectivity index (χ1v) is 10.4. The van der Waals surface area contributed by atoms with Crippen molar-refractivity contribution in [1.82, 2.24) is 0 Å². The van der Waals surface area contributed by atoms with Gasteiger partial charge < -0.3 is 14.6 Å². The number of hydrogen-bond donors (Lipinski definition) is 1. The molecule has 0 bridgehead atoms. The van der Waals surface area contributed by atoms with Crippen molar-refractivity contribution >= 4 is 0 Å². The molecule has 0 fully saturated rings. The van der Waals surface area contributed by atoms with Crippen molar-refractivity contribution in [2.45, 2.75) is 38.9 Å². The normalized spacial score (nSPS) is 10.9. The summed E-state index contributed by atoms with van der Waals surface area (Å²) in [7, 11) is 0. The Morgan fingerprint density at radius 2 is 1.14 bits per heavy atom. The Morgan fingerprint density at radius 3 is 1.72 bits per heavy atom. The largest absolute Gasteiger partial charge is 0.508 e. The molecule has 3 rings (SSSR count). The third kappa shape index (κ3) is 7.37. The summed E-state index contributed by atoms with van der Waals surface area (Å²) in [6, 6.07) is 26.4. The van der Waals surface area contributed by atoms with Crippen LogP contribution < -0.4 is 0 Å². The molecule has 0 aliphatic heterocycles. The van der Waals surface area contributed by atoms with Crippen LogP contribution in [-0.4, -0.2) is 18.3 Å². The van der Waals surface area contributed by atoms with Gasteiger partial charge in [-0.15, -0.1) is 0 Å². The average Bonchev–Trinajstić information content (AvgIpc) is 2.76. The number of aromatic hydroxyl groups is 1. The zero-order valence-electron chi connectivity index (χ0n) is 16.9. The van der Waals surface area contributed by atoms with Crippen LogP contribution in [0.3, 0.4) is 0 Å². The molecule has 29 heavy (non-hydrogen) atoms. The molecule has 0 amide bonds.